The van der Waals surface area contributed by atoms with E-state index < -0.39 is 10.0 Å². The number of hydrogen-bond acceptors (Lipinski definition) is 4. The van der Waals surface area contributed by atoms with E-state index in [9.17, 15) is 13.2 Å². The number of carbonyl (C=O) groups is 1. The Hall–Kier alpha value is -2.09. The molecule has 1 saturated heterocycles. The zero-order valence-corrected chi connectivity index (χ0v) is 16.4. The summed E-state index contributed by atoms with van der Waals surface area (Å²) in [5.74, 6) is -0.0449. The molecule has 1 amide bonds. The first-order chi connectivity index (χ1) is 13.0. The summed E-state index contributed by atoms with van der Waals surface area (Å²) in [5, 5.41) is 0.691. The van der Waals surface area contributed by atoms with E-state index in [1.54, 1.807) is 23.1 Å². The monoisotopic (exact) mass is 407 g/mol. The summed E-state index contributed by atoms with van der Waals surface area (Å²) in [6, 6.07) is 15.8. The van der Waals surface area contributed by atoms with Crippen molar-refractivity contribution in [2.24, 2.45) is 0 Å². The number of piperazine rings is 1. The zero-order chi connectivity index (χ0) is 19.3. The highest BCUT2D eigenvalue weighted by atomic mass is 35.5. The zero-order valence-electron chi connectivity index (χ0n) is 14.8. The van der Waals surface area contributed by atoms with Crippen molar-refractivity contribution in [2.45, 2.75) is 11.3 Å². The minimum Gasteiger partial charge on any atom is -0.368 e. The third-order valence-corrected chi connectivity index (χ3v) is 6.20. The fourth-order valence-corrected chi connectivity index (χ4v) is 4.26. The lowest BCUT2D eigenvalue weighted by molar-refractivity contribution is -0.131. The van der Waals surface area contributed by atoms with Crippen LogP contribution < -0.4 is 9.62 Å². The highest BCUT2D eigenvalue weighted by Gasteiger charge is 2.22. The van der Waals surface area contributed by atoms with Gasteiger partial charge >= 0.3 is 0 Å². The fourth-order valence-electron chi connectivity index (χ4n) is 3.02. The number of amides is 1. The molecule has 144 valence electrons. The summed E-state index contributed by atoms with van der Waals surface area (Å²) >= 11 is 6.03. The van der Waals surface area contributed by atoms with Gasteiger partial charge in [-0.2, -0.15) is 0 Å². The maximum Gasteiger partial charge on any atom is 0.240 e. The molecule has 0 saturated carbocycles. The highest BCUT2D eigenvalue weighted by molar-refractivity contribution is 7.89. The number of hydrogen-bond donors (Lipinski definition) is 1. The number of halogens is 1. The van der Waals surface area contributed by atoms with Crippen molar-refractivity contribution < 1.29 is 13.2 Å². The van der Waals surface area contributed by atoms with Gasteiger partial charge in [-0.05, 0) is 30.3 Å². The molecule has 0 bridgehead atoms. The molecule has 6 nitrogen and oxygen atoms in total. The van der Waals surface area contributed by atoms with E-state index >= 15 is 0 Å². The molecule has 1 fully saturated rings. The molecular formula is C19H22ClN3O3S. The Morgan fingerprint density at radius 1 is 1.00 bits per heavy atom. The van der Waals surface area contributed by atoms with Crippen molar-refractivity contribution in [2.75, 3.05) is 37.6 Å². The van der Waals surface area contributed by atoms with Crippen molar-refractivity contribution >= 4 is 33.2 Å². The van der Waals surface area contributed by atoms with Crippen molar-refractivity contribution in [3.8, 4) is 0 Å². The number of anilines is 1. The average molecular weight is 408 g/mol. The number of sulfonamides is 1. The lowest BCUT2D eigenvalue weighted by Gasteiger charge is -2.36. The molecule has 27 heavy (non-hydrogen) atoms. The van der Waals surface area contributed by atoms with Gasteiger partial charge in [-0.25, -0.2) is 13.1 Å². The van der Waals surface area contributed by atoms with Gasteiger partial charge in [0.05, 0.1) is 4.90 Å². The van der Waals surface area contributed by atoms with Crippen LogP contribution in [0.1, 0.15) is 6.42 Å². The maximum atomic E-state index is 12.4. The molecule has 2 aromatic carbocycles. The predicted molar refractivity (Wildman–Crippen MR) is 106 cm³/mol. The molecule has 1 N–H and O–H groups in total. The Kier molecular flexibility index (Phi) is 6.36. The van der Waals surface area contributed by atoms with E-state index in [-0.39, 0.29) is 23.8 Å². The van der Waals surface area contributed by atoms with Gasteiger partial charge in [0, 0.05) is 49.9 Å². The summed E-state index contributed by atoms with van der Waals surface area (Å²) in [4.78, 5) is 16.5. The minimum absolute atomic E-state index is 0.0449. The van der Waals surface area contributed by atoms with Crippen LogP contribution in [-0.2, 0) is 14.8 Å². The molecule has 2 aromatic rings. The van der Waals surface area contributed by atoms with E-state index in [1.165, 1.54) is 12.1 Å². The van der Waals surface area contributed by atoms with Gasteiger partial charge in [-0.3, -0.25) is 4.79 Å². The standard InChI is InChI=1S/C19H22ClN3O3S/c20-16-5-4-6-17(15-16)22-11-13-23(14-12-22)19(24)9-10-21-27(25,26)18-7-2-1-3-8-18/h1-8,15,21H,9-14H2. The number of benzene rings is 2. The van der Waals surface area contributed by atoms with Gasteiger partial charge in [0.15, 0.2) is 0 Å². The smallest absolute Gasteiger partial charge is 0.240 e. The van der Waals surface area contributed by atoms with Crippen LogP contribution in [0.25, 0.3) is 0 Å². The Morgan fingerprint density at radius 3 is 2.37 bits per heavy atom. The van der Waals surface area contributed by atoms with Gasteiger partial charge in [-0.1, -0.05) is 35.9 Å². The molecular weight excluding hydrogens is 386 g/mol. The predicted octanol–water partition coefficient (Wildman–Crippen LogP) is 2.36. The molecule has 0 aliphatic carbocycles. The van der Waals surface area contributed by atoms with Crippen LogP contribution in [-0.4, -0.2) is 51.9 Å². The molecule has 0 atom stereocenters. The quantitative estimate of drug-likeness (QED) is 0.798. The number of nitrogens with one attached hydrogen (secondary N) is 1. The highest BCUT2D eigenvalue weighted by Crippen LogP contribution is 2.21. The normalized spacial score (nSPS) is 15.0. The van der Waals surface area contributed by atoms with Crippen molar-refractivity contribution in [3.63, 3.8) is 0 Å². The second-order valence-electron chi connectivity index (χ2n) is 6.31. The fraction of sp³-hybridized carbons (Fsp3) is 0.316. The summed E-state index contributed by atoms with van der Waals surface area (Å²) in [5.41, 5.74) is 1.05. The van der Waals surface area contributed by atoms with Crippen LogP contribution in [0.15, 0.2) is 59.5 Å². The second-order valence-corrected chi connectivity index (χ2v) is 8.51. The Labute approximate surface area is 164 Å². The summed E-state index contributed by atoms with van der Waals surface area (Å²) < 4.78 is 26.8. The van der Waals surface area contributed by atoms with Gasteiger partial charge in [0.1, 0.15) is 0 Å². The molecule has 0 aromatic heterocycles. The summed E-state index contributed by atoms with van der Waals surface area (Å²) in [6.07, 6.45) is 0.142. The van der Waals surface area contributed by atoms with E-state index in [0.717, 1.165) is 18.8 Å². The Bertz CT molecular complexity index is 882. The molecule has 1 aliphatic heterocycles. The number of rotatable bonds is 6. The van der Waals surface area contributed by atoms with Crippen molar-refractivity contribution in [1.29, 1.82) is 0 Å². The van der Waals surface area contributed by atoms with Crippen LogP contribution in [0, 0.1) is 0 Å². The van der Waals surface area contributed by atoms with Crippen molar-refractivity contribution in [1.82, 2.24) is 9.62 Å². The largest absolute Gasteiger partial charge is 0.368 e. The lowest BCUT2D eigenvalue weighted by Crippen LogP contribution is -2.49. The lowest BCUT2D eigenvalue weighted by atomic mass is 10.2. The van der Waals surface area contributed by atoms with Crippen LogP contribution in [0.5, 0.6) is 0 Å². The summed E-state index contributed by atoms with van der Waals surface area (Å²) in [7, 11) is -3.58. The van der Waals surface area contributed by atoms with Crippen LogP contribution in [0.2, 0.25) is 5.02 Å². The van der Waals surface area contributed by atoms with Gasteiger partial charge in [-0.15, -0.1) is 0 Å². The number of nitrogens with zero attached hydrogens (tertiary/aromatic N) is 2. The molecule has 0 radical (unpaired) electrons. The molecule has 3 rings (SSSR count). The van der Waals surface area contributed by atoms with E-state index in [1.807, 2.05) is 24.3 Å². The first-order valence-corrected chi connectivity index (χ1v) is 10.6. The molecule has 1 aliphatic rings. The second kappa shape index (κ2) is 8.73. The van der Waals surface area contributed by atoms with Crippen LogP contribution >= 0.6 is 11.6 Å². The third kappa shape index (κ3) is 5.22. The minimum atomic E-state index is -3.58. The first kappa shape index (κ1) is 19.7. The van der Waals surface area contributed by atoms with Gasteiger partial charge in [0.25, 0.3) is 0 Å². The van der Waals surface area contributed by atoms with Gasteiger partial charge in [0.2, 0.25) is 15.9 Å². The maximum absolute atomic E-state index is 12.4. The van der Waals surface area contributed by atoms with E-state index in [0.29, 0.717) is 18.1 Å². The van der Waals surface area contributed by atoms with Crippen LogP contribution in [0.4, 0.5) is 5.69 Å². The first-order valence-electron chi connectivity index (χ1n) is 8.79. The third-order valence-electron chi connectivity index (χ3n) is 4.49. The molecule has 8 heteroatoms. The Morgan fingerprint density at radius 2 is 1.70 bits per heavy atom. The molecule has 0 unspecified atom stereocenters. The van der Waals surface area contributed by atoms with E-state index in [4.69, 9.17) is 11.6 Å². The van der Waals surface area contributed by atoms with Crippen molar-refractivity contribution in [3.05, 3.63) is 59.6 Å². The molecule has 1 heterocycles. The van der Waals surface area contributed by atoms with E-state index in [2.05, 4.69) is 9.62 Å². The number of carbonyl (C=O) groups excluding carboxylic acids is 1. The van der Waals surface area contributed by atoms with Crippen LogP contribution in [0.3, 0.4) is 0 Å². The SMILES string of the molecule is O=C(CCNS(=O)(=O)c1ccccc1)N1CCN(c2cccc(Cl)c2)CC1. The topological polar surface area (TPSA) is 69.7 Å². The molecule has 0 spiro atoms. The van der Waals surface area contributed by atoms with Gasteiger partial charge < -0.3 is 9.80 Å². The summed E-state index contributed by atoms with van der Waals surface area (Å²) in [6.45, 7) is 2.75. The Balaban J connectivity index is 1.46. The average Bonchev–Trinajstić information content (AvgIpc) is 2.68.